The van der Waals surface area contributed by atoms with Gasteiger partial charge in [0.1, 0.15) is 0 Å². The Morgan fingerprint density at radius 2 is 0.700 bits per heavy atom. The highest BCUT2D eigenvalue weighted by molar-refractivity contribution is 4.99. The first-order valence-electron chi connectivity index (χ1n) is 16.8. The van der Waals surface area contributed by atoms with E-state index in [-0.39, 0.29) is 0 Å². The molecule has 1 heteroatoms. The minimum absolute atomic E-state index is 0.673. The maximum Gasteiger partial charge on any atom is 0.0488 e. The minimum atomic E-state index is 0.673. The van der Waals surface area contributed by atoms with Crippen LogP contribution in [0.25, 0.3) is 0 Å². The number of rotatable bonds is 15. The van der Waals surface area contributed by atoms with Crippen LogP contribution in [0.3, 0.4) is 0 Å². The third-order valence-corrected chi connectivity index (χ3v) is 5.20. The van der Waals surface area contributed by atoms with E-state index in [4.69, 9.17) is 4.74 Å². The summed E-state index contributed by atoms with van der Waals surface area (Å²) in [5.74, 6) is 12.5. The van der Waals surface area contributed by atoms with Crippen molar-refractivity contribution in [1.82, 2.24) is 0 Å². The molecule has 0 aromatic rings. The van der Waals surface area contributed by atoms with E-state index in [1.165, 1.54) is 32.1 Å². The molecule has 0 aromatic carbocycles. The van der Waals surface area contributed by atoms with Gasteiger partial charge in [-0.25, -0.2) is 0 Å². The van der Waals surface area contributed by atoms with Gasteiger partial charge in [-0.1, -0.05) is 135 Å². The zero-order valence-electron chi connectivity index (χ0n) is 30.7. The molecule has 0 amide bonds. The lowest BCUT2D eigenvalue weighted by Gasteiger charge is -2.07. The number of ether oxygens (including phenoxy) is 1. The standard InChI is InChI=1S/2C10H20.C10H18.C9H20O/c3*1-9(2)7-5-6-8-10(3)4;1-8(2)5-6-10-7-9(3)4/h2*5-6,9-10H,7-8H2,1-4H3;9-10H,7-8H2,1-4H3;8-9H,5-7H2,1-4H3/b6-5+;6-5-;;. The molecular formula is C39H78O. The molecule has 0 radical (unpaired) electrons. The molecule has 0 saturated heterocycles. The molecule has 240 valence electrons. The van der Waals surface area contributed by atoms with Gasteiger partial charge >= 0.3 is 0 Å². The van der Waals surface area contributed by atoms with E-state index in [0.717, 1.165) is 67.5 Å². The second-order valence-electron chi connectivity index (χ2n) is 14.7. The third-order valence-electron chi connectivity index (χ3n) is 5.20. The predicted molar refractivity (Wildman–Crippen MR) is 188 cm³/mol. The quantitative estimate of drug-likeness (QED) is 0.109. The first kappa shape index (κ1) is 46.0. The highest BCUT2D eigenvalue weighted by atomic mass is 16.5. The molecule has 0 heterocycles. The van der Waals surface area contributed by atoms with Gasteiger partial charge < -0.3 is 4.74 Å². The van der Waals surface area contributed by atoms with Gasteiger partial charge in [0.05, 0.1) is 0 Å². The summed E-state index contributed by atoms with van der Waals surface area (Å²) in [5, 5.41) is 0. The highest BCUT2D eigenvalue weighted by Gasteiger charge is 1.95. The van der Waals surface area contributed by atoms with E-state index in [2.05, 4.69) is 147 Å². The summed E-state index contributed by atoms with van der Waals surface area (Å²) < 4.78 is 5.41. The van der Waals surface area contributed by atoms with Crippen LogP contribution in [0.4, 0.5) is 0 Å². The summed E-state index contributed by atoms with van der Waals surface area (Å²) in [6, 6.07) is 0. The Balaban J connectivity index is -0.000000216. The molecule has 0 aliphatic heterocycles. The fourth-order valence-corrected chi connectivity index (χ4v) is 2.66. The Kier molecular flexibility index (Phi) is 39.3. The van der Waals surface area contributed by atoms with Crippen molar-refractivity contribution in [3.05, 3.63) is 24.3 Å². The summed E-state index contributed by atoms with van der Waals surface area (Å²) >= 11 is 0. The first-order chi connectivity index (χ1) is 18.5. The molecule has 0 N–H and O–H groups in total. The van der Waals surface area contributed by atoms with Gasteiger partial charge in [0.15, 0.2) is 0 Å². The lowest BCUT2D eigenvalue weighted by Crippen LogP contribution is -2.04. The van der Waals surface area contributed by atoms with Crippen molar-refractivity contribution in [1.29, 1.82) is 0 Å². The van der Waals surface area contributed by atoms with Gasteiger partial charge in [-0.3, -0.25) is 0 Å². The van der Waals surface area contributed by atoms with Crippen LogP contribution in [0.2, 0.25) is 0 Å². The third kappa shape index (κ3) is 65.8. The lowest BCUT2D eigenvalue weighted by molar-refractivity contribution is 0.101. The van der Waals surface area contributed by atoms with Crippen LogP contribution < -0.4 is 0 Å². The lowest BCUT2D eigenvalue weighted by atomic mass is 10.1. The SMILES string of the molecule is CC(C)C/C=C/CC(C)C.CC(C)C/C=C\CC(C)C.CC(C)CC#CCC(C)C.CC(C)CCOCC(C)C. The van der Waals surface area contributed by atoms with Crippen molar-refractivity contribution >= 4 is 0 Å². The number of hydrogen-bond acceptors (Lipinski definition) is 1. The van der Waals surface area contributed by atoms with Crippen molar-refractivity contribution < 1.29 is 4.74 Å². The average molecular weight is 563 g/mol. The molecule has 0 saturated carbocycles. The van der Waals surface area contributed by atoms with Gasteiger partial charge in [-0.05, 0) is 79.4 Å². The summed E-state index contributed by atoms with van der Waals surface area (Å²) in [6.07, 6.45) is 17.4. The van der Waals surface area contributed by atoms with Crippen LogP contribution in [-0.4, -0.2) is 13.2 Å². The molecule has 0 rings (SSSR count). The van der Waals surface area contributed by atoms with E-state index in [0.29, 0.717) is 5.92 Å². The van der Waals surface area contributed by atoms with E-state index in [9.17, 15) is 0 Å². The second-order valence-corrected chi connectivity index (χ2v) is 14.7. The van der Waals surface area contributed by atoms with E-state index in [1.807, 2.05) is 0 Å². The summed E-state index contributed by atoms with van der Waals surface area (Å²) in [5.41, 5.74) is 0. The van der Waals surface area contributed by atoms with Crippen LogP contribution in [0.15, 0.2) is 24.3 Å². The van der Waals surface area contributed by atoms with E-state index in [1.54, 1.807) is 0 Å². The second kappa shape index (κ2) is 34.2. The van der Waals surface area contributed by atoms with E-state index >= 15 is 0 Å². The van der Waals surface area contributed by atoms with Crippen LogP contribution >= 0.6 is 0 Å². The van der Waals surface area contributed by atoms with Crippen LogP contribution in [0.1, 0.15) is 156 Å². The Morgan fingerprint density at radius 1 is 0.400 bits per heavy atom. The molecule has 0 bridgehead atoms. The zero-order valence-corrected chi connectivity index (χ0v) is 30.7. The van der Waals surface area contributed by atoms with Crippen molar-refractivity contribution in [2.75, 3.05) is 13.2 Å². The molecule has 1 nitrogen and oxygen atoms in total. The fourth-order valence-electron chi connectivity index (χ4n) is 2.66. The molecule has 0 aliphatic rings. The van der Waals surface area contributed by atoms with Gasteiger partial charge in [-0.15, -0.1) is 11.8 Å². The molecule has 0 unspecified atom stereocenters. The Morgan fingerprint density at radius 3 is 0.900 bits per heavy atom. The summed E-state index contributed by atoms with van der Waals surface area (Å²) in [4.78, 5) is 0. The van der Waals surface area contributed by atoms with E-state index < -0.39 is 0 Å². The largest absolute Gasteiger partial charge is 0.381 e. The van der Waals surface area contributed by atoms with Crippen molar-refractivity contribution in [3.63, 3.8) is 0 Å². The fraction of sp³-hybridized carbons (Fsp3) is 0.846. The summed E-state index contributed by atoms with van der Waals surface area (Å²) in [6.45, 7) is 37.4. The van der Waals surface area contributed by atoms with Gasteiger partial charge in [-0.2, -0.15) is 0 Å². The smallest absolute Gasteiger partial charge is 0.0488 e. The molecule has 0 fully saturated rings. The molecule has 0 aliphatic carbocycles. The van der Waals surface area contributed by atoms with Crippen molar-refractivity contribution in [2.24, 2.45) is 47.3 Å². The molecule has 0 aromatic heterocycles. The van der Waals surface area contributed by atoms with Crippen LogP contribution in [-0.2, 0) is 4.74 Å². The molecule has 0 atom stereocenters. The highest BCUT2D eigenvalue weighted by Crippen LogP contribution is 2.05. The van der Waals surface area contributed by atoms with Crippen molar-refractivity contribution in [3.8, 4) is 11.8 Å². The first-order valence-corrected chi connectivity index (χ1v) is 16.8. The van der Waals surface area contributed by atoms with Crippen LogP contribution in [0, 0.1) is 59.2 Å². The topological polar surface area (TPSA) is 9.23 Å². The number of hydrogen-bond donors (Lipinski definition) is 0. The zero-order chi connectivity index (χ0) is 31.9. The molecular weight excluding hydrogens is 484 g/mol. The number of allylic oxidation sites excluding steroid dienone is 4. The van der Waals surface area contributed by atoms with Gasteiger partial charge in [0.25, 0.3) is 0 Å². The average Bonchev–Trinajstić information content (AvgIpc) is 2.80. The maximum atomic E-state index is 5.41. The van der Waals surface area contributed by atoms with Crippen LogP contribution in [0.5, 0.6) is 0 Å². The van der Waals surface area contributed by atoms with Gasteiger partial charge in [0.2, 0.25) is 0 Å². The Hall–Kier alpha value is -1.00. The Labute approximate surface area is 256 Å². The van der Waals surface area contributed by atoms with Crippen molar-refractivity contribution in [2.45, 2.75) is 156 Å². The van der Waals surface area contributed by atoms with Gasteiger partial charge in [0, 0.05) is 26.1 Å². The minimum Gasteiger partial charge on any atom is -0.381 e. The monoisotopic (exact) mass is 563 g/mol. The maximum absolute atomic E-state index is 5.41. The molecule has 40 heavy (non-hydrogen) atoms. The summed E-state index contributed by atoms with van der Waals surface area (Å²) in [7, 11) is 0. The normalized spacial score (nSPS) is 11.4. The molecule has 0 spiro atoms. The predicted octanol–water partition coefficient (Wildman–Crippen LogP) is 13.1. The Bertz CT molecular complexity index is 502.